The van der Waals surface area contributed by atoms with Crippen LogP contribution in [0.15, 0.2) is 73.3 Å². The Morgan fingerprint density at radius 3 is 2.46 bits per heavy atom. The highest BCUT2D eigenvalue weighted by atomic mass is 16.6. The molecule has 198 valence electrons. The molecule has 0 saturated heterocycles. The van der Waals surface area contributed by atoms with Gasteiger partial charge < -0.3 is 15.8 Å². The van der Waals surface area contributed by atoms with Crippen LogP contribution in [0, 0.1) is 6.92 Å². The number of pyridine rings is 1. The molecule has 9 heteroatoms. The third-order valence-electron chi connectivity index (χ3n) is 7.22. The van der Waals surface area contributed by atoms with Crippen LogP contribution < -0.4 is 15.8 Å². The smallest absolute Gasteiger partial charge is 0.407 e. The van der Waals surface area contributed by atoms with Gasteiger partial charge >= 0.3 is 6.09 Å². The Kier molecular flexibility index (Phi) is 6.71. The molecule has 1 aliphatic carbocycles. The minimum Gasteiger partial charge on any atom is -0.407 e. The number of benzene rings is 2. The fourth-order valence-electron chi connectivity index (χ4n) is 4.89. The van der Waals surface area contributed by atoms with E-state index in [2.05, 4.69) is 39.7 Å². The van der Waals surface area contributed by atoms with Crippen LogP contribution in [0.1, 0.15) is 53.1 Å². The van der Waals surface area contributed by atoms with E-state index in [1.165, 1.54) is 12.0 Å². The van der Waals surface area contributed by atoms with Crippen molar-refractivity contribution in [2.45, 2.75) is 51.7 Å². The summed E-state index contributed by atoms with van der Waals surface area (Å²) in [6, 6.07) is 16.2. The summed E-state index contributed by atoms with van der Waals surface area (Å²) in [5, 5.41) is 13.9. The Morgan fingerprint density at radius 1 is 1.03 bits per heavy atom. The van der Waals surface area contributed by atoms with Gasteiger partial charge in [0.2, 0.25) is 0 Å². The number of carbonyl (C=O) groups excluding carboxylic acids is 1. The molecule has 0 bridgehead atoms. The minimum atomic E-state index is -0.498. The summed E-state index contributed by atoms with van der Waals surface area (Å²) < 4.78 is 9.56. The molecule has 9 nitrogen and oxygen atoms in total. The lowest BCUT2D eigenvalue weighted by Crippen LogP contribution is -2.26. The molecule has 0 atom stereocenters. The predicted octanol–water partition coefficient (Wildman–Crippen LogP) is 5.17. The first kappa shape index (κ1) is 24.7. The van der Waals surface area contributed by atoms with Crippen molar-refractivity contribution in [3.05, 3.63) is 101 Å². The summed E-state index contributed by atoms with van der Waals surface area (Å²) >= 11 is 0. The number of aromatic nitrogens is 5. The number of ether oxygens (including phenoxy) is 1. The van der Waals surface area contributed by atoms with Crippen LogP contribution in [0.25, 0.3) is 10.8 Å². The van der Waals surface area contributed by atoms with Crippen LogP contribution in [-0.2, 0) is 19.6 Å². The van der Waals surface area contributed by atoms with Crippen LogP contribution in [-0.4, -0.2) is 30.6 Å². The first-order chi connectivity index (χ1) is 19.0. The van der Waals surface area contributed by atoms with Gasteiger partial charge in [-0.3, -0.25) is 9.36 Å². The highest BCUT2D eigenvalue weighted by molar-refractivity contribution is 5.91. The zero-order valence-corrected chi connectivity index (χ0v) is 21.9. The van der Waals surface area contributed by atoms with Crippen LogP contribution in [0.5, 0.6) is 5.75 Å². The maximum absolute atomic E-state index is 12.7. The molecule has 0 aliphatic heterocycles. The topological polar surface area (TPSA) is 113 Å². The molecule has 3 N–H and O–H groups in total. The Morgan fingerprint density at radius 2 is 1.77 bits per heavy atom. The van der Waals surface area contributed by atoms with Crippen LogP contribution >= 0.6 is 0 Å². The van der Waals surface area contributed by atoms with Gasteiger partial charge in [-0.05, 0) is 59.5 Å². The number of hydrogen-bond donors (Lipinski definition) is 2. The molecule has 1 amide bonds. The summed E-state index contributed by atoms with van der Waals surface area (Å²) in [6.07, 6.45) is 10.2. The van der Waals surface area contributed by atoms with E-state index in [0.29, 0.717) is 30.6 Å². The lowest BCUT2D eigenvalue weighted by Gasteiger charge is -2.24. The Hall–Kier alpha value is -4.66. The zero-order valence-electron chi connectivity index (χ0n) is 21.9. The number of nitrogens with one attached hydrogen (secondary N) is 1. The number of amides is 1. The minimum absolute atomic E-state index is 0.327. The summed E-state index contributed by atoms with van der Waals surface area (Å²) in [5.74, 6) is 1.35. The second-order valence-electron chi connectivity index (χ2n) is 10.2. The van der Waals surface area contributed by atoms with E-state index in [0.717, 1.165) is 52.5 Å². The number of nitrogens with zero attached hydrogens (tertiary/aromatic N) is 5. The number of aryl methyl sites for hydroxylation is 1. The van der Waals surface area contributed by atoms with Gasteiger partial charge in [0.25, 0.3) is 0 Å². The normalized spacial score (nSPS) is 13.4. The number of nitrogen functional groups attached to an aromatic ring is 1. The number of rotatable bonds is 8. The summed E-state index contributed by atoms with van der Waals surface area (Å²) in [7, 11) is 0. The summed E-state index contributed by atoms with van der Waals surface area (Å²) in [6.45, 7) is 3.71. The van der Waals surface area contributed by atoms with Crippen LogP contribution in [0.3, 0.4) is 0 Å². The zero-order chi connectivity index (χ0) is 26.8. The average Bonchev–Trinajstić information content (AvgIpc) is 3.48. The van der Waals surface area contributed by atoms with Crippen molar-refractivity contribution >= 4 is 22.7 Å². The monoisotopic (exact) mass is 521 g/mol. The van der Waals surface area contributed by atoms with Crippen molar-refractivity contribution in [2.75, 3.05) is 5.73 Å². The number of fused-ring (bicyclic) bond motifs is 1. The maximum Gasteiger partial charge on any atom is 0.412 e. The molecule has 39 heavy (non-hydrogen) atoms. The van der Waals surface area contributed by atoms with E-state index in [9.17, 15) is 4.79 Å². The van der Waals surface area contributed by atoms with E-state index in [1.54, 1.807) is 6.20 Å². The van der Waals surface area contributed by atoms with E-state index >= 15 is 0 Å². The van der Waals surface area contributed by atoms with Crippen molar-refractivity contribution in [1.82, 2.24) is 29.9 Å². The van der Waals surface area contributed by atoms with Crippen LogP contribution in [0.2, 0.25) is 0 Å². The molecule has 2 aromatic carbocycles. The van der Waals surface area contributed by atoms with Gasteiger partial charge in [0, 0.05) is 30.2 Å². The van der Waals surface area contributed by atoms with E-state index in [-0.39, 0.29) is 0 Å². The van der Waals surface area contributed by atoms with Crippen molar-refractivity contribution in [3.63, 3.8) is 0 Å². The van der Waals surface area contributed by atoms with Gasteiger partial charge in [0.1, 0.15) is 11.5 Å². The Labute approximate surface area is 226 Å². The lowest BCUT2D eigenvalue weighted by molar-refractivity contribution is 0.198. The van der Waals surface area contributed by atoms with Crippen molar-refractivity contribution in [1.29, 1.82) is 0 Å². The fraction of sp³-hybridized carbons (Fsp3) is 0.267. The van der Waals surface area contributed by atoms with Gasteiger partial charge in [0.15, 0.2) is 5.75 Å². The Balaban J connectivity index is 1.10. The predicted molar refractivity (Wildman–Crippen MR) is 149 cm³/mol. The molecule has 0 unspecified atom stereocenters. The highest BCUT2D eigenvalue weighted by Crippen LogP contribution is 2.40. The molecule has 1 aliphatic rings. The molecule has 1 saturated carbocycles. The SMILES string of the molecule is Cc1cnn(Cc2ccc(Cn3cc(OC(=O)NCc4ccc5c(N)nccc5c4)c(C4CCC4)n3)cc2)c1. The second kappa shape index (κ2) is 10.6. The van der Waals surface area contributed by atoms with Crippen molar-refractivity contribution in [2.24, 2.45) is 0 Å². The van der Waals surface area contributed by atoms with Crippen molar-refractivity contribution < 1.29 is 9.53 Å². The summed E-state index contributed by atoms with van der Waals surface area (Å²) in [5.41, 5.74) is 11.2. The summed E-state index contributed by atoms with van der Waals surface area (Å²) in [4.78, 5) is 16.9. The Bertz CT molecular complexity index is 1620. The van der Waals surface area contributed by atoms with Gasteiger partial charge in [-0.25, -0.2) is 9.78 Å². The molecular formula is C30H31N7O2. The quantitative estimate of drug-likeness (QED) is 0.291. The first-order valence-electron chi connectivity index (χ1n) is 13.2. The van der Waals surface area contributed by atoms with Gasteiger partial charge in [0.05, 0.1) is 25.5 Å². The van der Waals surface area contributed by atoms with Gasteiger partial charge in [-0.15, -0.1) is 0 Å². The third kappa shape index (κ3) is 5.62. The largest absolute Gasteiger partial charge is 0.412 e. The first-order valence-corrected chi connectivity index (χ1v) is 13.2. The molecular weight excluding hydrogens is 490 g/mol. The van der Waals surface area contributed by atoms with E-state index < -0.39 is 6.09 Å². The fourth-order valence-corrected chi connectivity index (χ4v) is 4.89. The molecule has 5 aromatic rings. The highest BCUT2D eigenvalue weighted by Gasteiger charge is 2.27. The molecule has 6 rings (SSSR count). The number of anilines is 1. The molecule has 3 heterocycles. The van der Waals surface area contributed by atoms with E-state index in [4.69, 9.17) is 15.6 Å². The average molecular weight is 522 g/mol. The molecule has 1 fully saturated rings. The lowest BCUT2D eigenvalue weighted by atomic mass is 9.83. The van der Waals surface area contributed by atoms with Gasteiger partial charge in [-0.2, -0.15) is 10.2 Å². The number of hydrogen-bond acceptors (Lipinski definition) is 6. The molecule has 0 radical (unpaired) electrons. The number of carbonyl (C=O) groups is 1. The van der Waals surface area contributed by atoms with Crippen molar-refractivity contribution in [3.8, 4) is 5.75 Å². The standard InChI is InChI=1S/C30H31N7O2/c1-20-14-34-36(16-20)17-21-5-7-22(8-6-21)18-37-19-27(28(35-37)24-3-2-4-24)39-30(38)33-15-23-9-10-26-25(13-23)11-12-32-29(26)31/h5-14,16,19,24H,2-4,15,17-18H2,1H3,(H2,31,32)(H,33,38). The third-order valence-corrected chi connectivity index (χ3v) is 7.22. The van der Waals surface area contributed by atoms with Gasteiger partial charge in [-0.1, -0.05) is 42.8 Å². The maximum atomic E-state index is 12.7. The molecule has 0 spiro atoms. The van der Waals surface area contributed by atoms with Crippen LogP contribution in [0.4, 0.5) is 10.6 Å². The van der Waals surface area contributed by atoms with E-state index in [1.807, 2.05) is 59.1 Å². The number of nitrogens with two attached hydrogens (primary N) is 1. The second-order valence-corrected chi connectivity index (χ2v) is 10.2. The molecule has 3 aromatic heterocycles.